The van der Waals surface area contributed by atoms with E-state index >= 15 is 0 Å². The number of carbonyl (C=O) groups is 4. The Bertz CT molecular complexity index is 1410. The fraction of sp³-hybridized carbons (Fsp3) is 0.706. The summed E-state index contributed by atoms with van der Waals surface area (Å²) in [4.78, 5) is 54.5. The number of anilines is 1. The number of nitrogens with zero attached hydrogens (tertiary/aromatic N) is 2. The molecule has 3 fully saturated rings. The van der Waals surface area contributed by atoms with E-state index in [1.165, 1.54) is 6.92 Å². The van der Waals surface area contributed by atoms with Gasteiger partial charge in [0.2, 0.25) is 5.91 Å². The molecule has 8 N–H and O–H groups in total. The SMILES string of the molecule is CC(=O)N[C@H]1[C@H]([C@H](O)[C@H](O)CNC(=O)c2cc(C)c(N)c(C)c2)O[C@@](CCN2CCOC[C@@]23CCN(C(=O)OC(C)(C)C)C3)(C(=O)O)C[C@@H]1O. The minimum absolute atomic E-state index is 0.133. The average Bonchev–Trinajstić information content (AvgIpc) is 3.45. The van der Waals surface area contributed by atoms with Crippen molar-refractivity contribution in [3.63, 3.8) is 0 Å². The molecule has 280 valence electrons. The van der Waals surface area contributed by atoms with Crippen molar-refractivity contribution in [2.24, 2.45) is 0 Å². The van der Waals surface area contributed by atoms with Gasteiger partial charge in [-0.3, -0.25) is 14.5 Å². The summed E-state index contributed by atoms with van der Waals surface area (Å²) in [6, 6.07) is 1.91. The van der Waals surface area contributed by atoms with E-state index < -0.39 is 84.0 Å². The van der Waals surface area contributed by atoms with Gasteiger partial charge < -0.3 is 55.9 Å². The number of nitrogens with one attached hydrogen (secondary N) is 2. The molecule has 3 amide bonds. The Morgan fingerprint density at radius 1 is 1.14 bits per heavy atom. The van der Waals surface area contributed by atoms with Crippen LogP contribution in [0.4, 0.5) is 10.5 Å². The van der Waals surface area contributed by atoms with E-state index in [-0.39, 0.29) is 13.0 Å². The number of hydrogen-bond donors (Lipinski definition) is 7. The lowest BCUT2D eigenvalue weighted by Crippen LogP contribution is -2.68. The first-order valence-electron chi connectivity index (χ1n) is 17.0. The second-order valence-corrected chi connectivity index (χ2v) is 14.8. The Morgan fingerprint density at radius 2 is 1.80 bits per heavy atom. The van der Waals surface area contributed by atoms with Gasteiger partial charge in [-0.2, -0.15) is 0 Å². The molecule has 3 aliphatic rings. The highest BCUT2D eigenvalue weighted by atomic mass is 16.6. The third kappa shape index (κ3) is 8.84. The average molecular weight is 708 g/mol. The largest absolute Gasteiger partial charge is 0.479 e. The van der Waals surface area contributed by atoms with Crippen LogP contribution in [0.15, 0.2) is 12.1 Å². The normalized spacial score (nSPS) is 28.6. The van der Waals surface area contributed by atoms with Crippen molar-refractivity contribution in [1.29, 1.82) is 0 Å². The van der Waals surface area contributed by atoms with Gasteiger partial charge in [0.05, 0.1) is 37.0 Å². The van der Waals surface area contributed by atoms with Gasteiger partial charge in [0.15, 0.2) is 5.60 Å². The van der Waals surface area contributed by atoms with E-state index in [0.717, 1.165) is 0 Å². The topological polar surface area (TPSA) is 233 Å². The molecule has 0 aliphatic carbocycles. The molecule has 0 bridgehead atoms. The first kappa shape index (κ1) is 39.2. The van der Waals surface area contributed by atoms with Crippen molar-refractivity contribution >= 4 is 29.6 Å². The molecule has 3 saturated heterocycles. The third-order valence-corrected chi connectivity index (χ3v) is 9.80. The number of ether oxygens (including phenoxy) is 3. The van der Waals surface area contributed by atoms with Crippen LogP contribution < -0.4 is 16.4 Å². The highest BCUT2D eigenvalue weighted by Crippen LogP contribution is 2.38. The first-order valence-corrected chi connectivity index (χ1v) is 17.0. The molecular formula is C34H53N5O11. The summed E-state index contributed by atoms with van der Waals surface area (Å²) in [5, 5.41) is 49.2. The Balaban J connectivity index is 1.50. The minimum atomic E-state index is -2.02. The quantitative estimate of drug-likeness (QED) is 0.158. The molecule has 1 spiro atoms. The van der Waals surface area contributed by atoms with Crippen LogP contribution in [0, 0.1) is 13.8 Å². The number of aryl methyl sites for hydroxylation is 2. The van der Waals surface area contributed by atoms with Gasteiger partial charge in [0, 0.05) is 63.7 Å². The number of aliphatic hydroxyl groups is 3. The van der Waals surface area contributed by atoms with E-state index in [2.05, 4.69) is 15.5 Å². The Kier molecular flexibility index (Phi) is 12.1. The number of nitrogens with two attached hydrogens (primary N) is 1. The van der Waals surface area contributed by atoms with Crippen LogP contribution in [0.2, 0.25) is 0 Å². The van der Waals surface area contributed by atoms with Gasteiger partial charge in [-0.1, -0.05) is 0 Å². The maximum atomic E-state index is 13.0. The maximum absolute atomic E-state index is 13.0. The van der Waals surface area contributed by atoms with Crippen LogP contribution in [0.25, 0.3) is 0 Å². The van der Waals surface area contributed by atoms with Crippen LogP contribution in [-0.2, 0) is 23.8 Å². The number of morpholine rings is 1. The molecule has 0 unspecified atom stereocenters. The summed E-state index contributed by atoms with van der Waals surface area (Å²) in [5.74, 6) is -2.50. The second kappa shape index (κ2) is 15.4. The van der Waals surface area contributed by atoms with Crippen LogP contribution in [0.1, 0.15) is 68.4 Å². The molecule has 1 aromatic rings. The molecule has 3 aliphatic heterocycles. The van der Waals surface area contributed by atoms with E-state index in [0.29, 0.717) is 61.6 Å². The number of nitrogen functional groups attached to an aromatic ring is 1. The minimum Gasteiger partial charge on any atom is -0.479 e. The predicted molar refractivity (Wildman–Crippen MR) is 180 cm³/mol. The van der Waals surface area contributed by atoms with Gasteiger partial charge in [-0.15, -0.1) is 0 Å². The number of aliphatic carboxylic acids is 1. The number of amides is 3. The predicted octanol–water partition coefficient (Wildman–Crippen LogP) is -0.0830. The Morgan fingerprint density at radius 3 is 2.40 bits per heavy atom. The number of carboxylic acids is 1. The van der Waals surface area contributed by atoms with Crippen LogP contribution in [-0.4, -0.2) is 147 Å². The first-order chi connectivity index (χ1) is 23.3. The van der Waals surface area contributed by atoms with Crippen molar-refractivity contribution in [2.45, 2.75) is 108 Å². The van der Waals surface area contributed by atoms with Gasteiger partial charge in [0.25, 0.3) is 5.91 Å². The summed E-state index contributed by atoms with van der Waals surface area (Å²) >= 11 is 0. The molecule has 50 heavy (non-hydrogen) atoms. The molecule has 1 aromatic carbocycles. The van der Waals surface area contributed by atoms with E-state index in [4.69, 9.17) is 19.9 Å². The number of likely N-dealkylation sites (tertiary alicyclic amines) is 1. The van der Waals surface area contributed by atoms with Gasteiger partial charge in [0.1, 0.15) is 17.8 Å². The van der Waals surface area contributed by atoms with Crippen LogP contribution in [0.3, 0.4) is 0 Å². The smallest absolute Gasteiger partial charge is 0.410 e. The molecular weight excluding hydrogens is 654 g/mol. The van der Waals surface area contributed by atoms with E-state index in [1.54, 1.807) is 51.7 Å². The van der Waals surface area contributed by atoms with Gasteiger partial charge in [-0.25, -0.2) is 9.59 Å². The zero-order valence-corrected chi connectivity index (χ0v) is 29.7. The van der Waals surface area contributed by atoms with Crippen molar-refractivity contribution in [1.82, 2.24) is 20.4 Å². The number of benzene rings is 1. The summed E-state index contributed by atoms with van der Waals surface area (Å²) in [6.07, 6.45) is -6.98. The number of carbonyl (C=O) groups excluding carboxylic acids is 3. The molecule has 16 nitrogen and oxygen atoms in total. The maximum Gasteiger partial charge on any atom is 0.410 e. The Hall–Kier alpha value is -3.54. The summed E-state index contributed by atoms with van der Waals surface area (Å²) in [6.45, 7) is 11.7. The van der Waals surface area contributed by atoms with Crippen LogP contribution in [0.5, 0.6) is 0 Å². The monoisotopic (exact) mass is 707 g/mol. The van der Waals surface area contributed by atoms with E-state index in [9.17, 15) is 39.6 Å². The van der Waals surface area contributed by atoms with Crippen molar-refractivity contribution < 1.29 is 53.8 Å². The van der Waals surface area contributed by atoms with Gasteiger partial charge in [-0.05, 0) is 64.3 Å². The highest BCUT2D eigenvalue weighted by molar-refractivity contribution is 5.95. The second-order valence-electron chi connectivity index (χ2n) is 14.8. The van der Waals surface area contributed by atoms with Crippen molar-refractivity contribution in [2.75, 3.05) is 51.7 Å². The lowest BCUT2D eigenvalue weighted by molar-refractivity contribution is -0.231. The molecule has 0 aromatic heterocycles. The Labute approximate surface area is 292 Å². The molecule has 0 saturated carbocycles. The molecule has 7 atom stereocenters. The van der Waals surface area contributed by atoms with E-state index in [1.807, 2.05) is 0 Å². The molecule has 16 heteroatoms. The number of carboxylic acid groups (broad SMARTS) is 1. The number of hydrogen-bond acceptors (Lipinski definition) is 12. The zero-order chi connectivity index (χ0) is 37.2. The molecule has 0 radical (unpaired) electrons. The fourth-order valence-electron chi connectivity index (χ4n) is 7.06. The molecule has 4 rings (SSSR count). The third-order valence-electron chi connectivity index (χ3n) is 9.80. The molecule has 3 heterocycles. The highest BCUT2D eigenvalue weighted by Gasteiger charge is 2.55. The fourth-order valence-corrected chi connectivity index (χ4v) is 7.06. The summed E-state index contributed by atoms with van der Waals surface area (Å²) < 4.78 is 17.5. The standard InChI is InChI=1S/C34H53N5O11/c1-19-13-22(14-20(2)25(19)35)29(44)36-16-24(42)27(43)28-26(37-21(3)40)23(41)15-34(49-28,30(45)46)8-10-39-11-12-48-18-33(39)7-9-38(17-33)31(47)50-32(4,5)6/h13-14,23-24,26-28,41-43H,7-12,15-18,35H2,1-6H3,(H,36,44)(H,37,40)(H,45,46)/t23-,24+,26+,27+,28+,33-,34+/m0/s1. The number of rotatable bonds is 10. The van der Waals surface area contributed by atoms with Crippen molar-refractivity contribution in [3.05, 3.63) is 28.8 Å². The summed E-state index contributed by atoms with van der Waals surface area (Å²) in [5.41, 5.74) is 4.92. The summed E-state index contributed by atoms with van der Waals surface area (Å²) in [7, 11) is 0. The van der Waals surface area contributed by atoms with Crippen LogP contribution >= 0.6 is 0 Å². The van der Waals surface area contributed by atoms with Crippen molar-refractivity contribution in [3.8, 4) is 0 Å². The zero-order valence-electron chi connectivity index (χ0n) is 29.7. The lowest BCUT2D eigenvalue weighted by Gasteiger charge is -2.49. The lowest BCUT2D eigenvalue weighted by atomic mass is 9.81. The number of aliphatic hydroxyl groups excluding tert-OH is 3. The van der Waals surface area contributed by atoms with Gasteiger partial charge >= 0.3 is 12.1 Å².